The van der Waals surface area contributed by atoms with Gasteiger partial charge in [0.1, 0.15) is 11.2 Å². The van der Waals surface area contributed by atoms with Gasteiger partial charge < -0.3 is 5.32 Å². The van der Waals surface area contributed by atoms with E-state index in [1.165, 1.54) is 39.3 Å². The molecule has 3 aromatic heterocycles. The van der Waals surface area contributed by atoms with Crippen LogP contribution in [0.4, 0.5) is 5.69 Å². The number of carbonyl (C=O) groups is 1. The maximum atomic E-state index is 12.8. The van der Waals surface area contributed by atoms with Gasteiger partial charge in [0.05, 0.1) is 16.0 Å². The van der Waals surface area contributed by atoms with Crippen molar-refractivity contribution in [1.82, 2.24) is 23.9 Å². The fourth-order valence-corrected chi connectivity index (χ4v) is 8.37. The molecule has 1 aliphatic heterocycles. The standard InChI is InChI=1S/C24H26N6O3S3/c31-20(26-16-8-10-17(11-9-16)36(32,33)29-12-4-1-5-13-29)14-34-24-28-27-22-21-18-6-2-3-7-19(18)35-23(21)25-15-30(22)24/h8-11,15H,1-7,12-14H2,(H,26,31). The van der Waals surface area contributed by atoms with Crippen molar-refractivity contribution in [1.29, 1.82) is 0 Å². The number of aryl methyl sites for hydroxylation is 2. The van der Waals surface area contributed by atoms with E-state index in [9.17, 15) is 13.2 Å². The van der Waals surface area contributed by atoms with Crippen molar-refractivity contribution >= 4 is 60.6 Å². The zero-order valence-corrected chi connectivity index (χ0v) is 22.1. The lowest BCUT2D eigenvalue weighted by Crippen LogP contribution is -2.35. The number of piperidine rings is 1. The summed E-state index contributed by atoms with van der Waals surface area (Å²) >= 11 is 3.05. The summed E-state index contributed by atoms with van der Waals surface area (Å²) in [4.78, 5) is 19.9. The van der Waals surface area contributed by atoms with E-state index in [0.29, 0.717) is 23.9 Å². The Bertz CT molecular complexity index is 1540. The third kappa shape index (κ3) is 4.40. The van der Waals surface area contributed by atoms with Gasteiger partial charge in [-0.2, -0.15) is 4.31 Å². The number of fused-ring (bicyclic) bond motifs is 5. The minimum Gasteiger partial charge on any atom is -0.325 e. The number of hydrogen-bond donors (Lipinski definition) is 1. The van der Waals surface area contributed by atoms with Gasteiger partial charge in [-0.15, -0.1) is 21.5 Å². The van der Waals surface area contributed by atoms with Crippen LogP contribution in [-0.2, 0) is 27.7 Å². The van der Waals surface area contributed by atoms with Crippen LogP contribution >= 0.6 is 23.1 Å². The van der Waals surface area contributed by atoms with E-state index >= 15 is 0 Å². The summed E-state index contributed by atoms with van der Waals surface area (Å²) in [6.07, 6.45) is 9.14. The largest absolute Gasteiger partial charge is 0.325 e. The Morgan fingerprint density at radius 1 is 1.03 bits per heavy atom. The van der Waals surface area contributed by atoms with Crippen LogP contribution in [0.15, 0.2) is 40.6 Å². The molecular weight excluding hydrogens is 517 g/mol. The molecule has 1 amide bonds. The fourth-order valence-electron chi connectivity index (χ4n) is 4.92. The normalized spacial score (nSPS) is 16.9. The lowest BCUT2D eigenvalue weighted by Gasteiger charge is -2.25. The van der Waals surface area contributed by atoms with Gasteiger partial charge >= 0.3 is 0 Å². The van der Waals surface area contributed by atoms with Crippen LogP contribution in [0, 0.1) is 0 Å². The van der Waals surface area contributed by atoms with Gasteiger partial charge in [-0.3, -0.25) is 9.20 Å². The molecule has 1 fully saturated rings. The molecule has 0 saturated carbocycles. The molecule has 1 saturated heterocycles. The Hall–Kier alpha value is -2.54. The second-order valence-corrected chi connectivity index (χ2v) is 13.1. The molecule has 188 valence electrons. The van der Waals surface area contributed by atoms with Gasteiger partial charge in [0.15, 0.2) is 10.8 Å². The maximum absolute atomic E-state index is 12.8. The van der Waals surface area contributed by atoms with Crippen molar-refractivity contribution in [3.63, 3.8) is 0 Å². The van der Waals surface area contributed by atoms with Crippen molar-refractivity contribution in [2.24, 2.45) is 0 Å². The molecule has 0 radical (unpaired) electrons. The molecular formula is C24H26N6O3S3. The number of amides is 1. The van der Waals surface area contributed by atoms with Crippen molar-refractivity contribution < 1.29 is 13.2 Å². The molecule has 1 N–H and O–H groups in total. The Labute approximate surface area is 217 Å². The number of nitrogens with zero attached hydrogens (tertiary/aromatic N) is 5. The van der Waals surface area contributed by atoms with Gasteiger partial charge in [0.25, 0.3) is 0 Å². The quantitative estimate of drug-likeness (QED) is 0.365. The maximum Gasteiger partial charge on any atom is 0.243 e. The highest BCUT2D eigenvalue weighted by molar-refractivity contribution is 7.99. The smallest absolute Gasteiger partial charge is 0.243 e. The molecule has 36 heavy (non-hydrogen) atoms. The average molecular weight is 543 g/mol. The van der Waals surface area contributed by atoms with Crippen molar-refractivity contribution in [3.05, 3.63) is 41.0 Å². The number of aromatic nitrogens is 4. The zero-order valence-electron chi connectivity index (χ0n) is 19.6. The summed E-state index contributed by atoms with van der Waals surface area (Å²) in [5.74, 6) is -0.0562. The third-order valence-electron chi connectivity index (χ3n) is 6.75. The number of nitrogens with one attached hydrogen (secondary N) is 1. The summed E-state index contributed by atoms with van der Waals surface area (Å²) < 4.78 is 29.0. The number of sulfonamides is 1. The Morgan fingerprint density at radius 3 is 2.61 bits per heavy atom. The molecule has 4 aromatic rings. The van der Waals surface area contributed by atoms with Crippen molar-refractivity contribution in [2.45, 2.75) is 55.0 Å². The SMILES string of the molecule is O=C(CSc1nnc2c3c4c(sc3ncn12)CCCC4)Nc1ccc(S(=O)(=O)N2CCCCC2)cc1. The van der Waals surface area contributed by atoms with E-state index in [1.54, 1.807) is 41.9 Å². The molecule has 0 bridgehead atoms. The molecule has 6 rings (SSSR count). The van der Waals surface area contributed by atoms with Gasteiger partial charge in [-0.05, 0) is 68.4 Å². The summed E-state index contributed by atoms with van der Waals surface area (Å²) in [5, 5.41) is 13.3. The van der Waals surface area contributed by atoms with E-state index in [2.05, 4.69) is 20.5 Å². The number of benzene rings is 1. The van der Waals surface area contributed by atoms with Crippen LogP contribution in [-0.4, -0.2) is 57.1 Å². The molecule has 0 unspecified atom stereocenters. The number of rotatable bonds is 6. The lowest BCUT2D eigenvalue weighted by atomic mass is 9.97. The topological polar surface area (TPSA) is 110 Å². The molecule has 9 nitrogen and oxygen atoms in total. The summed E-state index contributed by atoms with van der Waals surface area (Å²) in [5.41, 5.74) is 2.71. The van der Waals surface area contributed by atoms with Crippen molar-refractivity contribution in [2.75, 3.05) is 24.2 Å². The second-order valence-electron chi connectivity index (χ2n) is 9.14. The minimum absolute atomic E-state index is 0.147. The summed E-state index contributed by atoms with van der Waals surface area (Å²) in [6.45, 7) is 1.12. The summed E-state index contributed by atoms with van der Waals surface area (Å²) in [6, 6.07) is 6.37. The highest BCUT2D eigenvalue weighted by Crippen LogP contribution is 2.37. The first-order valence-electron chi connectivity index (χ1n) is 12.2. The predicted octanol–water partition coefficient (Wildman–Crippen LogP) is 4.12. The highest BCUT2D eigenvalue weighted by atomic mass is 32.2. The molecule has 0 atom stereocenters. The Kier molecular flexibility index (Phi) is 6.44. The number of thioether (sulfide) groups is 1. The van der Waals surface area contributed by atoms with E-state index in [-0.39, 0.29) is 16.6 Å². The first-order valence-corrected chi connectivity index (χ1v) is 15.4. The van der Waals surface area contributed by atoms with Crippen LogP contribution < -0.4 is 5.32 Å². The van der Waals surface area contributed by atoms with Gasteiger partial charge in [0.2, 0.25) is 15.9 Å². The van der Waals surface area contributed by atoms with E-state index in [1.807, 2.05) is 4.40 Å². The highest BCUT2D eigenvalue weighted by Gasteiger charge is 2.26. The summed E-state index contributed by atoms with van der Waals surface area (Å²) in [7, 11) is -3.49. The Morgan fingerprint density at radius 2 is 1.81 bits per heavy atom. The van der Waals surface area contributed by atoms with E-state index in [4.69, 9.17) is 0 Å². The first kappa shape index (κ1) is 23.8. The van der Waals surface area contributed by atoms with Gasteiger partial charge in [-0.1, -0.05) is 18.2 Å². The number of hydrogen-bond acceptors (Lipinski definition) is 8. The first-order chi connectivity index (χ1) is 17.5. The Balaban J connectivity index is 1.13. The van der Waals surface area contributed by atoms with Crippen LogP contribution in [0.5, 0.6) is 0 Å². The third-order valence-corrected chi connectivity index (χ3v) is 10.8. The zero-order chi connectivity index (χ0) is 24.7. The predicted molar refractivity (Wildman–Crippen MR) is 141 cm³/mol. The van der Waals surface area contributed by atoms with Crippen LogP contribution in [0.1, 0.15) is 42.5 Å². The monoisotopic (exact) mass is 542 g/mol. The van der Waals surface area contributed by atoms with Gasteiger partial charge in [-0.25, -0.2) is 13.4 Å². The second kappa shape index (κ2) is 9.73. The minimum atomic E-state index is -3.49. The lowest BCUT2D eigenvalue weighted by molar-refractivity contribution is -0.113. The molecule has 0 spiro atoms. The van der Waals surface area contributed by atoms with Crippen molar-refractivity contribution in [3.8, 4) is 0 Å². The van der Waals surface area contributed by atoms with Crippen LogP contribution in [0.3, 0.4) is 0 Å². The molecule has 1 aliphatic carbocycles. The van der Waals surface area contributed by atoms with Crippen LogP contribution in [0.25, 0.3) is 15.9 Å². The van der Waals surface area contributed by atoms with Crippen LogP contribution in [0.2, 0.25) is 0 Å². The average Bonchev–Trinajstić information content (AvgIpc) is 3.49. The molecule has 1 aromatic carbocycles. The fraction of sp³-hybridized carbons (Fsp3) is 0.417. The molecule has 12 heteroatoms. The molecule has 2 aliphatic rings. The van der Waals surface area contributed by atoms with E-state index < -0.39 is 10.0 Å². The van der Waals surface area contributed by atoms with Gasteiger partial charge in [0, 0.05) is 23.7 Å². The number of anilines is 1. The molecule has 4 heterocycles. The number of carbonyl (C=O) groups excluding carboxylic acids is 1. The number of thiophene rings is 1. The van der Waals surface area contributed by atoms with E-state index in [0.717, 1.165) is 48.0 Å².